The maximum atomic E-state index is 12.0. The summed E-state index contributed by atoms with van der Waals surface area (Å²) in [5.41, 5.74) is 0.500. The Labute approximate surface area is 127 Å². The highest BCUT2D eigenvalue weighted by atomic mass is 35.5. The van der Waals surface area contributed by atoms with Crippen LogP contribution in [-0.4, -0.2) is 46.9 Å². The smallest absolute Gasteiger partial charge is 0.237 e. The molecule has 0 aromatic heterocycles. The minimum atomic E-state index is -0.823. The number of aliphatic hydroxyl groups is 2. The van der Waals surface area contributed by atoms with E-state index < -0.39 is 6.10 Å². The maximum absolute atomic E-state index is 12.0. The highest BCUT2D eigenvalue weighted by molar-refractivity contribution is 8.00. The Morgan fingerprint density at radius 1 is 1.55 bits per heavy atom. The Morgan fingerprint density at radius 2 is 2.25 bits per heavy atom. The SMILES string of the molecule is COc1ccc(Cl)cc1NC(=O)[C@H](C)SC[C@H](O)CO. The maximum Gasteiger partial charge on any atom is 0.237 e. The lowest BCUT2D eigenvalue weighted by Gasteiger charge is -2.15. The predicted molar refractivity (Wildman–Crippen MR) is 81.6 cm³/mol. The van der Waals surface area contributed by atoms with Gasteiger partial charge in [-0.25, -0.2) is 0 Å². The van der Waals surface area contributed by atoms with Crippen molar-refractivity contribution >= 4 is 35.0 Å². The van der Waals surface area contributed by atoms with Gasteiger partial charge in [-0.1, -0.05) is 11.6 Å². The molecule has 112 valence electrons. The summed E-state index contributed by atoms with van der Waals surface area (Å²) in [6.07, 6.45) is -0.823. The van der Waals surface area contributed by atoms with Crippen LogP contribution in [0, 0.1) is 0 Å². The van der Waals surface area contributed by atoms with E-state index in [-0.39, 0.29) is 23.5 Å². The first-order valence-corrected chi connectivity index (χ1v) is 7.45. The van der Waals surface area contributed by atoms with E-state index in [0.29, 0.717) is 16.5 Å². The number of carbonyl (C=O) groups is 1. The summed E-state index contributed by atoms with van der Waals surface area (Å²) >= 11 is 7.14. The lowest BCUT2D eigenvalue weighted by atomic mass is 10.3. The summed E-state index contributed by atoms with van der Waals surface area (Å²) in [5.74, 6) is 0.591. The molecular weight excluding hydrogens is 302 g/mol. The van der Waals surface area contributed by atoms with Gasteiger partial charge in [0.05, 0.1) is 30.8 Å². The zero-order valence-electron chi connectivity index (χ0n) is 11.3. The third-order valence-electron chi connectivity index (χ3n) is 2.54. The molecule has 0 saturated heterocycles. The topological polar surface area (TPSA) is 78.8 Å². The molecule has 0 heterocycles. The number of ether oxygens (including phenoxy) is 1. The van der Waals surface area contributed by atoms with Crippen LogP contribution in [0.2, 0.25) is 5.02 Å². The van der Waals surface area contributed by atoms with Crippen LogP contribution in [-0.2, 0) is 4.79 Å². The first kappa shape index (κ1) is 17.1. The summed E-state index contributed by atoms with van der Waals surface area (Å²) in [5, 5.41) is 20.8. The van der Waals surface area contributed by atoms with Crippen molar-refractivity contribution in [3.63, 3.8) is 0 Å². The van der Waals surface area contributed by atoms with Crippen LogP contribution in [0.3, 0.4) is 0 Å². The fraction of sp³-hybridized carbons (Fsp3) is 0.462. The molecule has 5 nitrogen and oxygen atoms in total. The Bertz CT molecular complexity index is 458. The van der Waals surface area contributed by atoms with Crippen molar-refractivity contribution in [1.82, 2.24) is 0 Å². The van der Waals surface area contributed by atoms with Crippen molar-refractivity contribution in [3.8, 4) is 5.75 Å². The third kappa shape index (κ3) is 5.20. The molecule has 0 bridgehead atoms. The van der Waals surface area contributed by atoms with Gasteiger partial charge >= 0.3 is 0 Å². The zero-order valence-corrected chi connectivity index (χ0v) is 12.9. The van der Waals surface area contributed by atoms with E-state index >= 15 is 0 Å². The monoisotopic (exact) mass is 319 g/mol. The second kappa shape index (κ2) is 8.36. The molecule has 1 amide bonds. The fourth-order valence-electron chi connectivity index (χ4n) is 1.40. The van der Waals surface area contributed by atoms with Crippen LogP contribution < -0.4 is 10.1 Å². The fourth-order valence-corrected chi connectivity index (χ4v) is 2.39. The third-order valence-corrected chi connectivity index (χ3v) is 4.06. The average molecular weight is 320 g/mol. The Balaban J connectivity index is 2.63. The van der Waals surface area contributed by atoms with Crippen molar-refractivity contribution in [1.29, 1.82) is 0 Å². The van der Waals surface area contributed by atoms with Crippen LogP contribution in [0.5, 0.6) is 5.75 Å². The van der Waals surface area contributed by atoms with Crippen molar-refractivity contribution in [2.75, 3.05) is 24.8 Å². The molecule has 20 heavy (non-hydrogen) atoms. The number of benzene rings is 1. The van der Waals surface area contributed by atoms with Gasteiger partial charge in [-0.05, 0) is 25.1 Å². The average Bonchev–Trinajstić information content (AvgIpc) is 2.44. The minimum Gasteiger partial charge on any atom is -0.495 e. The molecule has 1 aromatic rings. The summed E-state index contributed by atoms with van der Waals surface area (Å²) in [6.45, 7) is 1.41. The van der Waals surface area contributed by atoms with Gasteiger partial charge in [-0.15, -0.1) is 11.8 Å². The molecule has 0 spiro atoms. The van der Waals surface area contributed by atoms with Gasteiger partial charge in [0.2, 0.25) is 5.91 Å². The van der Waals surface area contributed by atoms with Crippen LogP contribution in [0.1, 0.15) is 6.92 Å². The number of hydrogen-bond acceptors (Lipinski definition) is 5. The van der Waals surface area contributed by atoms with Crippen molar-refractivity contribution in [2.24, 2.45) is 0 Å². The van der Waals surface area contributed by atoms with E-state index in [4.69, 9.17) is 21.4 Å². The Hall–Kier alpha value is -0.950. The quantitative estimate of drug-likeness (QED) is 0.714. The predicted octanol–water partition coefficient (Wildman–Crippen LogP) is 1.76. The van der Waals surface area contributed by atoms with E-state index in [1.807, 2.05) is 0 Å². The van der Waals surface area contributed by atoms with Crippen LogP contribution in [0.4, 0.5) is 5.69 Å². The first-order chi connectivity index (χ1) is 9.47. The number of anilines is 1. The highest BCUT2D eigenvalue weighted by Gasteiger charge is 2.17. The Kier molecular flexibility index (Phi) is 7.15. The largest absolute Gasteiger partial charge is 0.495 e. The molecule has 0 radical (unpaired) electrons. The number of halogens is 1. The molecule has 1 aromatic carbocycles. The van der Waals surface area contributed by atoms with E-state index in [1.165, 1.54) is 18.9 Å². The van der Waals surface area contributed by atoms with Gasteiger partial charge in [-0.3, -0.25) is 4.79 Å². The molecule has 0 unspecified atom stereocenters. The number of thioether (sulfide) groups is 1. The highest BCUT2D eigenvalue weighted by Crippen LogP contribution is 2.28. The standard InChI is InChI=1S/C13H18ClNO4S/c1-8(20-7-10(17)6-16)13(18)15-11-5-9(14)3-4-12(11)19-2/h3-5,8,10,16-17H,6-7H2,1-2H3,(H,15,18)/t8-,10+/m0/s1. The summed E-state index contributed by atoms with van der Waals surface area (Å²) < 4.78 is 5.14. The van der Waals surface area contributed by atoms with Gasteiger partial charge in [0.1, 0.15) is 5.75 Å². The molecule has 0 fully saturated rings. The van der Waals surface area contributed by atoms with E-state index in [0.717, 1.165) is 0 Å². The number of nitrogens with one attached hydrogen (secondary N) is 1. The van der Waals surface area contributed by atoms with Crippen molar-refractivity contribution < 1.29 is 19.7 Å². The van der Waals surface area contributed by atoms with Crippen LogP contribution in [0.15, 0.2) is 18.2 Å². The number of amides is 1. The molecule has 2 atom stereocenters. The summed E-state index contributed by atoms with van der Waals surface area (Å²) in [7, 11) is 1.51. The van der Waals surface area contributed by atoms with Gasteiger partial charge < -0.3 is 20.3 Å². The lowest BCUT2D eigenvalue weighted by molar-refractivity contribution is -0.115. The van der Waals surface area contributed by atoms with Crippen LogP contribution >= 0.6 is 23.4 Å². The van der Waals surface area contributed by atoms with Gasteiger partial charge in [0.25, 0.3) is 0 Å². The molecule has 0 aliphatic heterocycles. The van der Waals surface area contributed by atoms with Gasteiger partial charge in [-0.2, -0.15) is 0 Å². The minimum absolute atomic E-state index is 0.222. The van der Waals surface area contributed by atoms with Crippen molar-refractivity contribution in [3.05, 3.63) is 23.2 Å². The van der Waals surface area contributed by atoms with Gasteiger partial charge in [0.15, 0.2) is 0 Å². The molecular formula is C13H18ClNO4S. The van der Waals surface area contributed by atoms with E-state index in [1.54, 1.807) is 25.1 Å². The van der Waals surface area contributed by atoms with Gasteiger partial charge in [0, 0.05) is 10.8 Å². The molecule has 0 saturated carbocycles. The second-order valence-electron chi connectivity index (χ2n) is 4.15. The normalized spacial score (nSPS) is 13.7. The first-order valence-electron chi connectivity index (χ1n) is 6.02. The van der Waals surface area contributed by atoms with E-state index in [9.17, 15) is 9.90 Å². The number of aliphatic hydroxyl groups excluding tert-OH is 2. The molecule has 0 aliphatic rings. The number of rotatable bonds is 7. The van der Waals surface area contributed by atoms with Crippen LogP contribution in [0.25, 0.3) is 0 Å². The Morgan fingerprint density at radius 3 is 2.85 bits per heavy atom. The number of hydrogen-bond donors (Lipinski definition) is 3. The number of methoxy groups -OCH3 is 1. The van der Waals surface area contributed by atoms with Crippen molar-refractivity contribution in [2.45, 2.75) is 18.3 Å². The van der Waals surface area contributed by atoms with E-state index in [2.05, 4.69) is 5.32 Å². The molecule has 1 rings (SSSR count). The second-order valence-corrected chi connectivity index (χ2v) is 5.96. The molecule has 0 aliphatic carbocycles. The zero-order chi connectivity index (χ0) is 15.1. The lowest BCUT2D eigenvalue weighted by Crippen LogP contribution is -2.25. The molecule has 3 N–H and O–H groups in total. The summed E-state index contributed by atoms with van der Waals surface area (Å²) in [6, 6.07) is 4.95. The number of carbonyl (C=O) groups excluding carboxylic acids is 1. The summed E-state index contributed by atoms with van der Waals surface area (Å²) in [4.78, 5) is 12.0. The molecule has 7 heteroatoms.